The molecule has 1 atom stereocenters. The Morgan fingerprint density at radius 2 is 2.00 bits per heavy atom. The quantitative estimate of drug-likeness (QED) is 0.673. The Hall–Kier alpha value is -2.42. The number of methoxy groups -OCH3 is 2. The summed E-state index contributed by atoms with van der Waals surface area (Å²) in [5.41, 5.74) is 1.72. The number of amides is 2. The second-order valence-corrected chi connectivity index (χ2v) is 7.89. The molecule has 1 unspecified atom stereocenters. The third kappa shape index (κ3) is 4.77. The number of ether oxygens (including phenoxy) is 2. The van der Waals surface area contributed by atoms with Gasteiger partial charge in [-0.15, -0.1) is 11.3 Å². The molecule has 1 fully saturated rings. The molecule has 2 amide bonds. The van der Waals surface area contributed by atoms with Crippen molar-refractivity contribution in [3.05, 3.63) is 40.2 Å². The highest BCUT2D eigenvalue weighted by Gasteiger charge is 2.35. The van der Waals surface area contributed by atoms with Gasteiger partial charge in [-0.3, -0.25) is 9.59 Å². The highest BCUT2D eigenvalue weighted by molar-refractivity contribution is 7.15. The van der Waals surface area contributed by atoms with E-state index in [0.717, 1.165) is 5.56 Å². The van der Waals surface area contributed by atoms with E-state index < -0.39 is 11.9 Å². The Labute approximate surface area is 177 Å². The number of esters is 1. The molecule has 2 aromatic rings. The number of nitrogens with zero attached hydrogens (tertiary/aromatic N) is 1. The van der Waals surface area contributed by atoms with Crippen molar-refractivity contribution in [3.63, 3.8) is 0 Å². The first-order valence-corrected chi connectivity index (χ1v) is 10.2. The molecular formula is C20H21ClN2O5S. The summed E-state index contributed by atoms with van der Waals surface area (Å²) in [7, 11) is 2.86. The number of rotatable bonds is 7. The van der Waals surface area contributed by atoms with E-state index >= 15 is 0 Å². The first-order chi connectivity index (χ1) is 13.9. The molecule has 9 heteroatoms. The molecule has 1 aromatic heterocycles. The molecule has 1 N–H and O–H groups in total. The van der Waals surface area contributed by atoms with Gasteiger partial charge in [-0.05, 0) is 17.7 Å². The Balaban J connectivity index is 1.80. The van der Waals surface area contributed by atoms with Crippen LogP contribution >= 0.6 is 22.9 Å². The average molecular weight is 437 g/mol. The Kier molecular flexibility index (Phi) is 6.89. The molecule has 7 nitrogen and oxygen atoms in total. The lowest BCUT2D eigenvalue weighted by Gasteiger charge is -2.15. The molecule has 29 heavy (non-hydrogen) atoms. The van der Waals surface area contributed by atoms with Gasteiger partial charge in [0.1, 0.15) is 10.6 Å². The molecule has 1 aliphatic rings. The monoisotopic (exact) mass is 436 g/mol. The summed E-state index contributed by atoms with van der Waals surface area (Å²) >= 11 is 7.18. The number of halogens is 1. The van der Waals surface area contributed by atoms with Crippen molar-refractivity contribution in [1.29, 1.82) is 0 Å². The van der Waals surface area contributed by atoms with Gasteiger partial charge in [0, 0.05) is 42.6 Å². The highest BCUT2D eigenvalue weighted by atomic mass is 35.5. The van der Waals surface area contributed by atoms with Crippen LogP contribution in [-0.4, -0.2) is 56.6 Å². The van der Waals surface area contributed by atoms with Crippen LogP contribution in [0.15, 0.2) is 29.6 Å². The van der Waals surface area contributed by atoms with Crippen LogP contribution in [0.25, 0.3) is 11.1 Å². The van der Waals surface area contributed by atoms with Crippen LogP contribution in [0, 0.1) is 5.92 Å². The van der Waals surface area contributed by atoms with Gasteiger partial charge < -0.3 is 19.7 Å². The summed E-state index contributed by atoms with van der Waals surface area (Å²) in [5, 5.41) is 5.58. The van der Waals surface area contributed by atoms with Gasteiger partial charge in [0.25, 0.3) is 0 Å². The van der Waals surface area contributed by atoms with Crippen molar-refractivity contribution in [2.75, 3.05) is 39.2 Å². The standard InChI is InChI=1S/C20H21ClN2O5S/c1-27-8-7-23-10-13(9-16(23)24)18(25)22-19-17(20(26)28-2)15(11-29-19)12-3-5-14(21)6-4-12/h3-6,11,13H,7-10H2,1-2H3,(H,22,25). The van der Waals surface area contributed by atoms with Crippen LogP contribution in [0.5, 0.6) is 0 Å². The Morgan fingerprint density at radius 3 is 2.66 bits per heavy atom. The van der Waals surface area contributed by atoms with E-state index in [4.69, 9.17) is 21.1 Å². The zero-order valence-corrected chi connectivity index (χ0v) is 17.6. The molecule has 154 valence electrons. The number of nitrogens with one attached hydrogen (secondary N) is 1. The van der Waals surface area contributed by atoms with Gasteiger partial charge >= 0.3 is 5.97 Å². The van der Waals surface area contributed by atoms with E-state index in [1.807, 2.05) is 0 Å². The first kappa shape index (κ1) is 21.3. The molecule has 0 saturated carbocycles. The minimum absolute atomic E-state index is 0.0802. The fourth-order valence-corrected chi connectivity index (χ4v) is 4.26. The maximum absolute atomic E-state index is 12.7. The molecular weight excluding hydrogens is 416 g/mol. The van der Waals surface area contributed by atoms with Gasteiger partial charge in [0.2, 0.25) is 11.8 Å². The first-order valence-electron chi connectivity index (χ1n) is 8.98. The van der Waals surface area contributed by atoms with Crippen LogP contribution in [0.4, 0.5) is 5.00 Å². The molecule has 2 heterocycles. The van der Waals surface area contributed by atoms with Crippen molar-refractivity contribution in [2.24, 2.45) is 5.92 Å². The second-order valence-electron chi connectivity index (χ2n) is 6.57. The Morgan fingerprint density at radius 1 is 1.28 bits per heavy atom. The number of thiophene rings is 1. The summed E-state index contributed by atoms with van der Waals surface area (Å²) in [6.45, 7) is 1.20. The van der Waals surface area contributed by atoms with E-state index in [-0.39, 0.29) is 23.8 Å². The van der Waals surface area contributed by atoms with Gasteiger partial charge in [-0.1, -0.05) is 23.7 Å². The van der Waals surface area contributed by atoms with E-state index in [1.54, 1.807) is 41.7 Å². The van der Waals surface area contributed by atoms with Crippen molar-refractivity contribution >= 4 is 45.7 Å². The minimum atomic E-state index is -0.546. The molecule has 3 rings (SSSR count). The largest absolute Gasteiger partial charge is 0.465 e. The van der Waals surface area contributed by atoms with Gasteiger partial charge in [0.15, 0.2) is 0 Å². The smallest absolute Gasteiger partial charge is 0.341 e. The van der Waals surface area contributed by atoms with E-state index in [0.29, 0.717) is 35.3 Å². The highest BCUT2D eigenvalue weighted by Crippen LogP contribution is 2.37. The van der Waals surface area contributed by atoms with E-state index in [2.05, 4.69) is 5.32 Å². The summed E-state index contributed by atoms with van der Waals surface area (Å²) < 4.78 is 9.92. The predicted octanol–water partition coefficient (Wildman–Crippen LogP) is 3.29. The number of benzene rings is 1. The van der Waals surface area contributed by atoms with Crippen molar-refractivity contribution in [1.82, 2.24) is 4.90 Å². The third-order valence-electron chi connectivity index (χ3n) is 4.72. The van der Waals surface area contributed by atoms with Gasteiger partial charge in [-0.2, -0.15) is 0 Å². The van der Waals surface area contributed by atoms with Crippen molar-refractivity contribution in [3.8, 4) is 11.1 Å². The minimum Gasteiger partial charge on any atom is -0.465 e. The third-order valence-corrected chi connectivity index (χ3v) is 5.87. The van der Waals surface area contributed by atoms with Crippen LogP contribution in [-0.2, 0) is 19.1 Å². The van der Waals surface area contributed by atoms with Crippen molar-refractivity contribution < 1.29 is 23.9 Å². The predicted molar refractivity (Wildman–Crippen MR) is 111 cm³/mol. The average Bonchev–Trinajstić information content (AvgIpc) is 3.30. The zero-order valence-electron chi connectivity index (χ0n) is 16.1. The van der Waals surface area contributed by atoms with E-state index in [9.17, 15) is 14.4 Å². The lowest BCUT2D eigenvalue weighted by molar-refractivity contribution is -0.128. The normalized spacial score (nSPS) is 16.2. The summed E-state index contributed by atoms with van der Waals surface area (Å²) in [5.74, 6) is -1.40. The van der Waals surface area contributed by atoms with Gasteiger partial charge in [0.05, 0.1) is 19.6 Å². The number of carbonyl (C=O) groups is 3. The number of anilines is 1. The van der Waals surface area contributed by atoms with E-state index in [1.165, 1.54) is 18.4 Å². The zero-order chi connectivity index (χ0) is 21.0. The molecule has 0 spiro atoms. The molecule has 1 aromatic carbocycles. The van der Waals surface area contributed by atoms with Crippen molar-refractivity contribution in [2.45, 2.75) is 6.42 Å². The molecule has 0 radical (unpaired) electrons. The lowest BCUT2D eigenvalue weighted by atomic mass is 10.0. The van der Waals surface area contributed by atoms with Crippen LogP contribution < -0.4 is 5.32 Å². The van der Waals surface area contributed by atoms with Crippen LogP contribution in [0.2, 0.25) is 5.02 Å². The number of likely N-dealkylation sites (tertiary alicyclic amines) is 1. The topological polar surface area (TPSA) is 84.9 Å². The fourth-order valence-electron chi connectivity index (χ4n) is 3.18. The maximum Gasteiger partial charge on any atom is 0.341 e. The maximum atomic E-state index is 12.7. The number of hydrogen-bond donors (Lipinski definition) is 1. The summed E-state index contributed by atoms with van der Waals surface area (Å²) in [6, 6.07) is 7.05. The molecule has 1 saturated heterocycles. The fraction of sp³-hybridized carbons (Fsp3) is 0.350. The number of hydrogen-bond acceptors (Lipinski definition) is 6. The SMILES string of the molecule is COCCN1CC(C(=O)Nc2scc(-c3ccc(Cl)cc3)c2C(=O)OC)CC1=O. The molecule has 1 aliphatic heterocycles. The number of carbonyl (C=O) groups excluding carboxylic acids is 3. The lowest BCUT2D eigenvalue weighted by Crippen LogP contribution is -2.30. The summed E-state index contributed by atoms with van der Waals surface area (Å²) in [6.07, 6.45) is 0.137. The van der Waals surface area contributed by atoms with Crippen LogP contribution in [0.1, 0.15) is 16.8 Å². The Bertz CT molecular complexity index is 912. The van der Waals surface area contributed by atoms with Gasteiger partial charge in [-0.25, -0.2) is 4.79 Å². The molecule has 0 bridgehead atoms. The molecule has 0 aliphatic carbocycles. The summed E-state index contributed by atoms with van der Waals surface area (Å²) in [4.78, 5) is 38.9. The van der Waals surface area contributed by atoms with Crippen LogP contribution in [0.3, 0.4) is 0 Å². The second kappa shape index (κ2) is 9.39.